The van der Waals surface area contributed by atoms with Crippen LogP contribution >= 0.6 is 0 Å². The highest BCUT2D eigenvalue weighted by Gasteiger charge is 2.06. The summed E-state index contributed by atoms with van der Waals surface area (Å²) in [5.41, 5.74) is 0.926. The van der Waals surface area contributed by atoms with Crippen molar-refractivity contribution in [3.63, 3.8) is 0 Å². The molecule has 0 fully saturated rings. The molecule has 2 nitrogen and oxygen atoms in total. The summed E-state index contributed by atoms with van der Waals surface area (Å²) in [7, 11) is 0. The zero-order chi connectivity index (χ0) is 13.2. The Hall–Kier alpha value is -1.26. The summed E-state index contributed by atoms with van der Waals surface area (Å²) in [5.74, 6) is 0. The van der Waals surface area contributed by atoms with Crippen molar-refractivity contribution in [2.75, 3.05) is 19.8 Å². The molecule has 0 heterocycles. The molecule has 0 aromatic heterocycles. The summed E-state index contributed by atoms with van der Waals surface area (Å²) in [5, 5.41) is 3.15. The monoisotopic (exact) mass is 255 g/mol. The van der Waals surface area contributed by atoms with Gasteiger partial charge in [-0.1, -0.05) is 24.3 Å². The maximum absolute atomic E-state index is 12.5. The number of hydrogen-bond donors (Lipinski definition) is 1. The predicted molar refractivity (Wildman–Crippen MR) is 68.7 cm³/mol. The molecule has 0 spiro atoms. The average molecular weight is 255 g/mol. The molecular formula is C14H19F2NO. The van der Waals surface area contributed by atoms with Gasteiger partial charge in [-0.05, 0) is 18.1 Å². The van der Waals surface area contributed by atoms with Gasteiger partial charge < -0.3 is 10.1 Å². The second-order valence-electron chi connectivity index (χ2n) is 3.91. The van der Waals surface area contributed by atoms with Gasteiger partial charge in [0.1, 0.15) is 0 Å². The van der Waals surface area contributed by atoms with Gasteiger partial charge in [0.15, 0.2) is 0 Å². The van der Waals surface area contributed by atoms with E-state index in [4.69, 9.17) is 4.74 Å². The van der Waals surface area contributed by atoms with Crippen molar-refractivity contribution >= 4 is 0 Å². The molecular weight excluding hydrogens is 236 g/mol. The first-order valence-electron chi connectivity index (χ1n) is 6.00. The van der Waals surface area contributed by atoms with Crippen LogP contribution in [-0.4, -0.2) is 19.8 Å². The lowest BCUT2D eigenvalue weighted by molar-refractivity contribution is 0.140. The van der Waals surface area contributed by atoms with Crippen LogP contribution in [0.2, 0.25) is 0 Å². The Morgan fingerprint density at radius 3 is 2.89 bits per heavy atom. The zero-order valence-corrected chi connectivity index (χ0v) is 10.4. The summed E-state index contributed by atoms with van der Waals surface area (Å²) < 4.78 is 30.2. The summed E-state index contributed by atoms with van der Waals surface area (Å²) >= 11 is 0. The summed E-state index contributed by atoms with van der Waals surface area (Å²) in [6, 6.07) is 6.44. The molecule has 0 saturated heterocycles. The van der Waals surface area contributed by atoms with E-state index in [9.17, 15) is 8.78 Å². The Labute approximate surface area is 107 Å². The van der Waals surface area contributed by atoms with Crippen molar-refractivity contribution < 1.29 is 13.5 Å². The van der Waals surface area contributed by atoms with Gasteiger partial charge in [0, 0.05) is 18.7 Å². The van der Waals surface area contributed by atoms with Crippen LogP contribution in [0.25, 0.3) is 0 Å². The van der Waals surface area contributed by atoms with Crippen LogP contribution in [0.1, 0.15) is 24.0 Å². The molecule has 1 N–H and O–H groups in total. The van der Waals surface area contributed by atoms with Gasteiger partial charge in [-0.3, -0.25) is 0 Å². The van der Waals surface area contributed by atoms with Gasteiger partial charge in [0.2, 0.25) is 0 Å². The van der Waals surface area contributed by atoms with E-state index >= 15 is 0 Å². The van der Waals surface area contributed by atoms with Crippen LogP contribution < -0.4 is 5.32 Å². The number of ether oxygens (including phenoxy) is 1. The number of rotatable bonds is 9. The molecule has 0 saturated carbocycles. The molecule has 0 radical (unpaired) electrons. The van der Waals surface area contributed by atoms with E-state index in [0.29, 0.717) is 26.3 Å². The Kier molecular flexibility index (Phi) is 7.22. The fraction of sp³-hybridized carbons (Fsp3) is 0.429. The van der Waals surface area contributed by atoms with Gasteiger partial charge in [0.25, 0.3) is 6.43 Å². The quantitative estimate of drug-likeness (QED) is 0.540. The van der Waals surface area contributed by atoms with E-state index in [1.807, 2.05) is 12.1 Å². The molecule has 0 aliphatic rings. The molecule has 100 valence electrons. The lowest BCUT2D eigenvalue weighted by Crippen LogP contribution is -2.19. The van der Waals surface area contributed by atoms with Crippen LogP contribution in [-0.2, 0) is 11.3 Å². The molecule has 18 heavy (non-hydrogen) atoms. The minimum absolute atomic E-state index is 0.0662. The largest absolute Gasteiger partial charge is 0.380 e. The third-order valence-electron chi connectivity index (χ3n) is 2.42. The first-order chi connectivity index (χ1) is 8.74. The van der Waals surface area contributed by atoms with Crippen molar-refractivity contribution in [3.05, 3.63) is 48.0 Å². The molecule has 1 rings (SSSR count). The molecule has 0 aliphatic carbocycles. The second-order valence-corrected chi connectivity index (χ2v) is 3.91. The van der Waals surface area contributed by atoms with Crippen molar-refractivity contribution in [2.24, 2.45) is 0 Å². The molecule has 0 bridgehead atoms. The van der Waals surface area contributed by atoms with Crippen LogP contribution in [0, 0.1) is 0 Å². The van der Waals surface area contributed by atoms with E-state index in [0.717, 1.165) is 12.0 Å². The smallest absolute Gasteiger partial charge is 0.263 e. The lowest BCUT2D eigenvalue weighted by atomic mass is 10.1. The first kappa shape index (κ1) is 14.8. The normalized spacial score (nSPS) is 10.8. The van der Waals surface area contributed by atoms with E-state index < -0.39 is 6.43 Å². The highest BCUT2D eigenvalue weighted by atomic mass is 19.3. The Morgan fingerprint density at radius 1 is 1.33 bits per heavy atom. The lowest BCUT2D eigenvalue weighted by Gasteiger charge is -2.07. The number of benzene rings is 1. The average Bonchev–Trinajstić information content (AvgIpc) is 2.38. The Balaban J connectivity index is 2.19. The van der Waals surface area contributed by atoms with Crippen LogP contribution in [0.15, 0.2) is 36.9 Å². The van der Waals surface area contributed by atoms with Crippen LogP contribution in [0.3, 0.4) is 0 Å². The summed E-state index contributed by atoms with van der Waals surface area (Å²) in [6.45, 7) is 6.17. The molecule has 4 heteroatoms. The SMILES string of the molecule is C=CCCOCCNCc1cccc(C(F)F)c1. The number of halogens is 2. The van der Waals surface area contributed by atoms with E-state index in [2.05, 4.69) is 11.9 Å². The summed E-state index contributed by atoms with van der Waals surface area (Å²) in [6.07, 6.45) is 0.242. The molecule has 0 amide bonds. The van der Waals surface area contributed by atoms with Crippen LogP contribution in [0.4, 0.5) is 8.78 Å². The minimum atomic E-state index is -2.41. The fourth-order valence-electron chi connectivity index (χ4n) is 1.48. The molecule has 0 atom stereocenters. The van der Waals surface area contributed by atoms with Gasteiger partial charge in [-0.2, -0.15) is 0 Å². The zero-order valence-electron chi connectivity index (χ0n) is 10.4. The molecule has 0 unspecified atom stereocenters. The van der Waals surface area contributed by atoms with Gasteiger partial charge in [0.05, 0.1) is 13.2 Å². The van der Waals surface area contributed by atoms with Crippen molar-refractivity contribution in [2.45, 2.75) is 19.4 Å². The third kappa shape index (κ3) is 5.89. The number of alkyl halides is 2. The highest BCUT2D eigenvalue weighted by Crippen LogP contribution is 2.19. The maximum atomic E-state index is 12.5. The first-order valence-corrected chi connectivity index (χ1v) is 6.00. The Bertz CT molecular complexity index is 355. The number of nitrogens with one attached hydrogen (secondary N) is 1. The second kappa shape index (κ2) is 8.78. The number of hydrogen-bond acceptors (Lipinski definition) is 2. The van der Waals surface area contributed by atoms with E-state index in [1.165, 1.54) is 12.1 Å². The standard InChI is InChI=1S/C14H19F2NO/c1-2-3-8-18-9-7-17-11-12-5-4-6-13(10-12)14(15)16/h2,4-6,10,14,17H,1,3,7-9,11H2. The molecule has 0 aliphatic heterocycles. The van der Waals surface area contributed by atoms with Crippen molar-refractivity contribution in [1.29, 1.82) is 0 Å². The van der Waals surface area contributed by atoms with Gasteiger partial charge in [-0.25, -0.2) is 8.78 Å². The Morgan fingerprint density at radius 2 is 2.17 bits per heavy atom. The molecule has 1 aromatic carbocycles. The van der Waals surface area contributed by atoms with Crippen molar-refractivity contribution in [3.8, 4) is 0 Å². The topological polar surface area (TPSA) is 21.3 Å². The predicted octanol–water partition coefficient (Wildman–Crippen LogP) is 3.31. The molecule has 1 aromatic rings. The van der Waals surface area contributed by atoms with Crippen LogP contribution in [0.5, 0.6) is 0 Å². The fourth-order valence-corrected chi connectivity index (χ4v) is 1.48. The summed E-state index contributed by atoms with van der Waals surface area (Å²) in [4.78, 5) is 0. The third-order valence-corrected chi connectivity index (χ3v) is 2.42. The minimum Gasteiger partial charge on any atom is -0.380 e. The van der Waals surface area contributed by atoms with E-state index in [-0.39, 0.29) is 5.56 Å². The maximum Gasteiger partial charge on any atom is 0.263 e. The van der Waals surface area contributed by atoms with Crippen molar-refractivity contribution in [1.82, 2.24) is 5.32 Å². The van der Waals surface area contributed by atoms with Gasteiger partial charge in [-0.15, -0.1) is 6.58 Å². The van der Waals surface area contributed by atoms with Gasteiger partial charge >= 0.3 is 0 Å². The highest BCUT2D eigenvalue weighted by molar-refractivity contribution is 5.24. The van der Waals surface area contributed by atoms with E-state index in [1.54, 1.807) is 6.07 Å².